The minimum Gasteiger partial charge on any atom is -0.363 e. The number of likely N-dealkylation sites (N-methyl/N-ethyl adjacent to an activating group) is 1. The summed E-state index contributed by atoms with van der Waals surface area (Å²) in [6.45, 7) is 4.57. The first-order valence-electron chi connectivity index (χ1n) is 8.29. The molecule has 0 amide bonds. The topological polar surface area (TPSA) is 27.3 Å². The van der Waals surface area contributed by atoms with E-state index in [0.717, 1.165) is 35.9 Å². The molecule has 0 bridgehead atoms. The second-order valence-electron chi connectivity index (χ2n) is 6.31. The zero-order valence-electron chi connectivity index (χ0n) is 14.3. The molecule has 25 heavy (non-hydrogen) atoms. The molecule has 3 nitrogen and oxygen atoms in total. The van der Waals surface area contributed by atoms with Crippen molar-refractivity contribution in [2.75, 3.05) is 25.5 Å². The molecule has 2 N–H and O–H groups in total. The van der Waals surface area contributed by atoms with Crippen molar-refractivity contribution >= 4 is 46.2 Å². The number of halogens is 2. The van der Waals surface area contributed by atoms with Crippen LogP contribution >= 0.6 is 35.4 Å². The van der Waals surface area contributed by atoms with Crippen molar-refractivity contribution in [3.8, 4) is 0 Å². The summed E-state index contributed by atoms with van der Waals surface area (Å²) in [6.07, 6.45) is 0. The van der Waals surface area contributed by atoms with Crippen LogP contribution in [-0.4, -0.2) is 30.1 Å². The molecule has 0 aliphatic carbocycles. The molecule has 0 radical (unpaired) electrons. The van der Waals surface area contributed by atoms with Gasteiger partial charge in [-0.25, -0.2) is 0 Å². The highest BCUT2D eigenvalue weighted by Crippen LogP contribution is 2.38. The highest BCUT2D eigenvalue weighted by atomic mass is 35.5. The van der Waals surface area contributed by atoms with Crippen LogP contribution in [0.15, 0.2) is 36.4 Å². The lowest BCUT2D eigenvalue weighted by atomic mass is 9.84. The standard InChI is InChI=1S/C19H21Cl2N3S/c1-3-22-19(25)23-14-6-4-5-12(7-14)16-10-24(2)11-17-15(16)8-13(20)9-18(17)21/h4-9,16H,3,10-11H2,1-2H3,(H2,22,23,25). The Balaban J connectivity index is 1.96. The monoisotopic (exact) mass is 393 g/mol. The highest BCUT2D eigenvalue weighted by molar-refractivity contribution is 7.80. The third-order valence-electron chi connectivity index (χ3n) is 4.38. The average molecular weight is 394 g/mol. The maximum Gasteiger partial charge on any atom is 0.170 e. The van der Waals surface area contributed by atoms with Crippen LogP contribution in [0.5, 0.6) is 0 Å². The fourth-order valence-corrected chi connectivity index (χ4v) is 4.13. The molecule has 0 aromatic heterocycles. The van der Waals surface area contributed by atoms with Crippen LogP contribution in [0.3, 0.4) is 0 Å². The van der Waals surface area contributed by atoms with E-state index in [1.54, 1.807) is 0 Å². The summed E-state index contributed by atoms with van der Waals surface area (Å²) in [6, 6.07) is 12.2. The molecule has 132 valence electrons. The Morgan fingerprint density at radius 2 is 2.08 bits per heavy atom. The number of thiocarbonyl (C=S) groups is 1. The first kappa shape index (κ1) is 18.5. The Hall–Kier alpha value is -1.33. The van der Waals surface area contributed by atoms with E-state index < -0.39 is 0 Å². The van der Waals surface area contributed by atoms with E-state index in [2.05, 4.69) is 34.7 Å². The van der Waals surface area contributed by atoms with Crippen LogP contribution in [0.1, 0.15) is 29.5 Å². The molecule has 0 saturated heterocycles. The van der Waals surface area contributed by atoms with Gasteiger partial charge in [-0.1, -0.05) is 35.3 Å². The van der Waals surface area contributed by atoms with E-state index >= 15 is 0 Å². The Morgan fingerprint density at radius 3 is 2.84 bits per heavy atom. The van der Waals surface area contributed by atoms with E-state index in [0.29, 0.717) is 10.1 Å². The number of hydrogen-bond donors (Lipinski definition) is 2. The summed E-state index contributed by atoms with van der Waals surface area (Å²) in [7, 11) is 2.11. The summed E-state index contributed by atoms with van der Waals surface area (Å²) < 4.78 is 0. The van der Waals surface area contributed by atoms with Crippen LogP contribution in [0.4, 0.5) is 5.69 Å². The molecular formula is C19H21Cl2N3S. The van der Waals surface area contributed by atoms with Gasteiger partial charge in [0.15, 0.2) is 5.11 Å². The number of rotatable bonds is 3. The third-order valence-corrected chi connectivity index (χ3v) is 5.18. The van der Waals surface area contributed by atoms with Gasteiger partial charge >= 0.3 is 0 Å². The van der Waals surface area contributed by atoms with Gasteiger partial charge < -0.3 is 15.5 Å². The second-order valence-corrected chi connectivity index (χ2v) is 7.57. The normalized spacial score (nSPS) is 17.0. The van der Waals surface area contributed by atoms with Crippen molar-refractivity contribution in [1.29, 1.82) is 0 Å². The van der Waals surface area contributed by atoms with E-state index in [1.165, 1.54) is 11.1 Å². The Morgan fingerprint density at radius 1 is 1.28 bits per heavy atom. The molecule has 1 heterocycles. The summed E-state index contributed by atoms with van der Waals surface area (Å²) in [5, 5.41) is 8.39. The number of nitrogens with one attached hydrogen (secondary N) is 2. The van der Waals surface area contributed by atoms with Gasteiger partial charge in [-0.15, -0.1) is 0 Å². The first-order valence-corrected chi connectivity index (χ1v) is 9.45. The van der Waals surface area contributed by atoms with Gasteiger partial charge in [-0.05, 0) is 67.1 Å². The minimum absolute atomic E-state index is 0.222. The molecule has 1 atom stereocenters. The molecule has 6 heteroatoms. The molecule has 1 aliphatic rings. The molecule has 1 aliphatic heterocycles. The number of benzene rings is 2. The summed E-state index contributed by atoms with van der Waals surface area (Å²) in [4.78, 5) is 2.29. The molecule has 3 rings (SSSR count). The van der Waals surface area contributed by atoms with Crippen LogP contribution in [0, 0.1) is 0 Å². The number of fused-ring (bicyclic) bond motifs is 1. The van der Waals surface area contributed by atoms with Crippen LogP contribution in [0.2, 0.25) is 10.0 Å². The average Bonchev–Trinajstić information content (AvgIpc) is 2.55. The van der Waals surface area contributed by atoms with Crippen molar-refractivity contribution in [2.24, 2.45) is 0 Å². The van der Waals surface area contributed by atoms with Gasteiger partial charge in [0.05, 0.1) is 0 Å². The largest absolute Gasteiger partial charge is 0.363 e. The van der Waals surface area contributed by atoms with Crippen molar-refractivity contribution in [3.63, 3.8) is 0 Å². The predicted octanol–water partition coefficient (Wildman–Crippen LogP) is 4.88. The fraction of sp³-hybridized carbons (Fsp3) is 0.316. The van der Waals surface area contributed by atoms with Gasteiger partial charge in [0.1, 0.15) is 0 Å². The molecule has 0 saturated carbocycles. The van der Waals surface area contributed by atoms with Crippen molar-refractivity contribution in [2.45, 2.75) is 19.4 Å². The summed E-state index contributed by atoms with van der Waals surface area (Å²) in [5.74, 6) is 0.222. The van der Waals surface area contributed by atoms with Crippen LogP contribution < -0.4 is 10.6 Å². The second kappa shape index (κ2) is 7.92. The molecular weight excluding hydrogens is 373 g/mol. The summed E-state index contributed by atoms with van der Waals surface area (Å²) in [5.41, 5.74) is 4.56. The third kappa shape index (κ3) is 4.26. The molecule has 2 aromatic carbocycles. The predicted molar refractivity (Wildman–Crippen MR) is 111 cm³/mol. The number of hydrogen-bond acceptors (Lipinski definition) is 2. The maximum absolute atomic E-state index is 6.45. The van der Waals surface area contributed by atoms with Gasteiger partial charge in [0.25, 0.3) is 0 Å². The SMILES string of the molecule is CCNC(=S)Nc1cccc(C2CN(C)Cc3c(Cl)cc(Cl)cc32)c1. The van der Waals surface area contributed by atoms with Crippen molar-refractivity contribution < 1.29 is 0 Å². The van der Waals surface area contributed by atoms with Crippen LogP contribution in [0.25, 0.3) is 0 Å². The molecule has 0 fully saturated rings. The van der Waals surface area contributed by atoms with E-state index in [9.17, 15) is 0 Å². The van der Waals surface area contributed by atoms with Gasteiger partial charge in [-0.3, -0.25) is 0 Å². The molecule has 0 spiro atoms. The fourth-order valence-electron chi connectivity index (χ4n) is 3.30. The van der Waals surface area contributed by atoms with Crippen molar-refractivity contribution in [3.05, 3.63) is 63.1 Å². The Labute approximate surface area is 164 Å². The van der Waals surface area contributed by atoms with E-state index in [4.69, 9.17) is 35.4 Å². The lowest BCUT2D eigenvalue weighted by Gasteiger charge is -2.33. The lowest BCUT2D eigenvalue weighted by Crippen LogP contribution is -2.31. The minimum atomic E-state index is 0.222. The molecule has 2 aromatic rings. The number of nitrogens with zero attached hydrogens (tertiary/aromatic N) is 1. The van der Waals surface area contributed by atoms with Gasteiger partial charge in [0.2, 0.25) is 0 Å². The first-order chi connectivity index (χ1) is 12.0. The van der Waals surface area contributed by atoms with E-state index in [1.807, 2.05) is 31.2 Å². The quantitative estimate of drug-likeness (QED) is 0.726. The molecule has 1 unspecified atom stereocenters. The summed E-state index contributed by atoms with van der Waals surface area (Å²) >= 11 is 18.0. The van der Waals surface area contributed by atoms with Crippen molar-refractivity contribution in [1.82, 2.24) is 10.2 Å². The zero-order valence-corrected chi connectivity index (χ0v) is 16.6. The smallest absolute Gasteiger partial charge is 0.170 e. The number of anilines is 1. The van der Waals surface area contributed by atoms with Crippen LogP contribution in [-0.2, 0) is 6.54 Å². The lowest BCUT2D eigenvalue weighted by molar-refractivity contribution is 0.295. The highest BCUT2D eigenvalue weighted by Gasteiger charge is 2.27. The Bertz CT molecular complexity index is 794. The van der Waals surface area contributed by atoms with Gasteiger partial charge in [0, 0.05) is 41.3 Å². The Kier molecular flexibility index (Phi) is 5.85. The van der Waals surface area contributed by atoms with Gasteiger partial charge in [-0.2, -0.15) is 0 Å². The maximum atomic E-state index is 6.45. The zero-order chi connectivity index (χ0) is 18.0. The van der Waals surface area contributed by atoms with E-state index in [-0.39, 0.29) is 5.92 Å².